The van der Waals surface area contributed by atoms with Crippen molar-refractivity contribution in [2.45, 2.75) is 25.4 Å². The van der Waals surface area contributed by atoms with E-state index in [1.165, 1.54) is 0 Å². The average molecular weight is 353 g/mol. The lowest BCUT2D eigenvalue weighted by Crippen LogP contribution is -2.42. The van der Waals surface area contributed by atoms with Gasteiger partial charge in [0.1, 0.15) is 0 Å². The molecule has 0 amide bonds. The van der Waals surface area contributed by atoms with Gasteiger partial charge in [-0.3, -0.25) is 9.69 Å². The van der Waals surface area contributed by atoms with Gasteiger partial charge in [-0.1, -0.05) is 0 Å². The molecule has 1 heterocycles. The summed E-state index contributed by atoms with van der Waals surface area (Å²) >= 11 is 0. The summed E-state index contributed by atoms with van der Waals surface area (Å²) in [6.45, 7) is 1.75. The number of hydrogen-bond acceptors (Lipinski definition) is 6. The zero-order valence-corrected chi connectivity index (χ0v) is 15.0. The van der Waals surface area contributed by atoms with E-state index in [-0.39, 0.29) is 5.92 Å². The van der Waals surface area contributed by atoms with Crippen LogP contribution in [0, 0.1) is 5.92 Å². The van der Waals surface area contributed by atoms with Gasteiger partial charge in [0.25, 0.3) is 0 Å². The number of carboxylic acids is 1. The highest BCUT2D eigenvalue weighted by Crippen LogP contribution is 2.38. The minimum atomic E-state index is -0.760. The summed E-state index contributed by atoms with van der Waals surface area (Å²) in [5, 5.41) is 19.6. The molecule has 1 aliphatic heterocycles. The monoisotopic (exact) mass is 353 g/mol. The van der Waals surface area contributed by atoms with Crippen LogP contribution in [0.5, 0.6) is 17.2 Å². The SMILES string of the molecule is COc1cc(CC(O)CN2CCC[C@@H](C(=O)O)C2)cc(OC)c1OC. The summed E-state index contributed by atoms with van der Waals surface area (Å²) in [5.74, 6) is 0.510. The molecule has 2 N–H and O–H groups in total. The van der Waals surface area contributed by atoms with Gasteiger partial charge in [0, 0.05) is 13.1 Å². The molecule has 1 aromatic rings. The van der Waals surface area contributed by atoms with Crippen molar-refractivity contribution in [3.05, 3.63) is 17.7 Å². The van der Waals surface area contributed by atoms with Gasteiger partial charge in [0.05, 0.1) is 33.4 Å². The van der Waals surface area contributed by atoms with Crippen molar-refractivity contribution in [2.24, 2.45) is 5.92 Å². The maximum atomic E-state index is 11.1. The maximum absolute atomic E-state index is 11.1. The second kappa shape index (κ2) is 8.92. The van der Waals surface area contributed by atoms with E-state index in [1.807, 2.05) is 17.0 Å². The highest BCUT2D eigenvalue weighted by molar-refractivity contribution is 5.70. The number of ether oxygens (including phenoxy) is 3. The van der Waals surface area contributed by atoms with Crippen molar-refractivity contribution in [3.63, 3.8) is 0 Å². The second-order valence-corrected chi connectivity index (χ2v) is 6.33. The number of hydrogen-bond donors (Lipinski definition) is 2. The lowest BCUT2D eigenvalue weighted by Gasteiger charge is -2.32. The fourth-order valence-electron chi connectivity index (χ4n) is 3.31. The molecular formula is C18H27NO6. The molecule has 0 radical (unpaired) electrons. The number of nitrogens with zero attached hydrogens (tertiary/aromatic N) is 1. The van der Waals surface area contributed by atoms with Gasteiger partial charge in [-0.25, -0.2) is 0 Å². The third-order valence-corrected chi connectivity index (χ3v) is 4.52. The zero-order valence-electron chi connectivity index (χ0n) is 15.0. The Balaban J connectivity index is 2.02. The number of aliphatic hydroxyl groups is 1. The summed E-state index contributed by atoms with van der Waals surface area (Å²) in [5.41, 5.74) is 0.869. The number of carboxylic acid groups (broad SMARTS) is 1. The average Bonchev–Trinajstić information content (AvgIpc) is 2.60. The maximum Gasteiger partial charge on any atom is 0.307 e. The molecule has 1 fully saturated rings. The van der Waals surface area contributed by atoms with E-state index in [2.05, 4.69) is 0 Å². The third kappa shape index (κ3) is 4.99. The number of likely N-dealkylation sites (tertiary alicyclic amines) is 1. The lowest BCUT2D eigenvalue weighted by molar-refractivity contribution is -0.143. The fraction of sp³-hybridized carbons (Fsp3) is 0.611. The molecule has 1 saturated heterocycles. The van der Waals surface area contributed by atoms with Crippen LogP contribution >= 0.6 is 0 Å². The molecule has 1 aromatic carbocycles. The second-order valence-electron chi connectivity index (χ2n) is 6.33. The number of β-amino-alcohol motifs (C(OH)–C–C–N with tert-alkyl or cyclic N) is 1. The molecule has 0 aromatic heterocycles. The quantitative estimate of drug-likeness (QED) is 0.730. The van der Waals surface area contributed by atoms with Crippen LogP contribution in [0.25, 0.3) is 0 Å². The summed E-state index contributed by atoms with van der Waals surface area (Å²) in [6, 6.07) is 3.64. The molecule has 0 aliphatic carbocycles. The number of piperidine rings is 1. The van der Waals surface area contributed by atoms with Crippen LogP contribution in [0.15, 0.2) is 12.1 Å². The van der Waals surface area contributed by atoms with Crippen molar-refractivity contribution in [1.29, 1.82) is 0 Å². The van der Waals surface area contributed by atoms with E-state index in [0.717, 1.165) is 18.5 Å². The number of carbonyl (C=O) groups is 1. The Kier molecular flexibility index (Phi) is 6.90. The Morgan fingerprint density at radius 1 is 1.24 bits per heavy atom. The van der Waals surface area contributed by atoms with Gasteiger partial charge >= 0.3 is 5.97 Å². The van der Waals surface area contributed by atoms with Crippen LogP contribution in [0.1, 0.15) is 18.4 Å². The molecule has 2 rings (SSSR count). The summed E-state index contributed by atoms with van der Waals surface area (Å²) in [6.07, 6.45) is 1.36. The van der Waals surface area contributed by atoms with Gasteiger partial charge in [0.2, 0.25) is 5.75 Å². The largest absolute Gasteiger partial charge is 0.493 e. The van der Waals surface area contributed by atoms with Gasteiger partial charge < -0.3 is 24.4 Å². The molecule has 1 aliphatic rings. The number of aliphatic carboxylic acids is 1. The normalized spacial score (nSPS) is 19.3. The first-order valence-corrected chi connectivity index (χ1v) is 8.40. The number of methoxy groups -OCH3 is 3. The topological polar surface area (TPSA) is 88.5 Å². The van der Waals surface area contributed by atoms with Gasteiger partial charge in [0.15, 0.2) is 11.5 Å². The van der Waals surface area contributed by atoms with E-state index >= 15 is 0 Å². The van der Waals surface area contributed by atoms with Crippen molar-refractivity contribution < 1.29 is 29.2 Å². The lowest BCUT2D eigenvalue weighted by atomic mass is 9.97. The Morgan fingerprint density at radius 3 is 2.40 bits per heavy atom. The summed E-state index contributed by atoms with van der Waals surface area (Å²) in [4.78, 5) is 13.2. The van der Waals surface area contributed by atoms with Gasteiger partial charge in [-0.15, -0.1) is 0 Å². The Hall–Kier alpha value is -1.99. The molecular weight excluding hydrogens is 326 g/mol. The van der Waals surface area contributed by atoms with Gasteiger partial charge in [-0.05, 0) is 43.5 Å². The minimum Gasteiger partial charge on any atom is -0.493 e. The van der Waals surface area contributed by atoms with Crippen LogP contribution < -0.4 is 14.2 Å². The van der Waals surface area contributed by atoms with E-state index in [9.17, 15) is 9.90 Å². The zero-order chi connectivity index (χ0) is 18.4. The standard InChI is InChI=1S/C18H27NO6/c1-23-15-8-12(9-16(24-2)17(15)25-3)7-14(20)11-19-6-4-5-13(10-19)18(21)22/h8-9,13-14,20H,4-7,10-11H2,1-3H3,(H,21,22)/t13-,14?/m1/s1. The molecule has 7 heteroatoms. The fourth-order valence-corrected chi connectivity index (χ4v) is 3.31. The molecule has 25 heavy (non-hydrogen) atoms. The predicted octanol–water partition coefficient (Wildman–Crippen LogP) is 1.41. The summed E-state index contributed by atoms with van der Waals surface area (Å²) in [7, 11) is 4.65. The molecule has 0 bridgehead atoms. The van der Waals surface area contributed by atoms with Crippen LogP contribution in [-0.4, -0.2) is 68.1 Å². The number of rotatable bonds is 8. The van der Waals surface area contributed by atoms with Crippen LogP contribution in [0.2, 0.25) is 0 Å². The molecule has 140 valence electrons. The molecule has 1 unspecified atom stereocenters. The molecule has 0 spiro atoms. The minimum absolute atomic E-state index is 0.345. The first-order chi connectivity index (χ1) is 12.0. The van der Waals surface area contributed by atoms with Crippen LogP contribution in [0.3, 0.4) is 0 Å². The molecule has 0 saturated carbocycles. The van der Waals surface area contributed by atoms with Gasteiger partial charge in [-0.2, -0.15) is 0 Å². The van der Waals surface area contributed by atoms with Crippen molar-refractivity contribution in [2.75, 3.05) is 41.0 Å². The smallest absolute Gasteiger partial charge is 0.307 e. The first kappa shape index (κ1) is 19.3. The van der Waals surface area contributed by atoms with Crippen molar-refractivity contribution in [3.8, 4) is 17.2 Å². The molecule has 7 nitrogen and oxygen atoms in total. The number of aliphatic hydroxyl groups excluding tert-OH is 1. The highest BCUT2D eigenvalue weighted by atomic mass is 16.5. The van der Waals surface area contributed by atoms with Crippen molar-refractivity contribution >= 4 is 5.97 Å². The van der Waals surface area contributed by atoms with E-state index in [4.69, 9.17) is 19.3 Å². The highest BCUT2D eigenvalue weighted by Gasteiger charge is 2.26. The van der Waals surface area contributed by atoms with E-state index < -0.39 is 12.1 Å². The summed E-state index contributed by atoms with van der Waals surface area (Å²) < 4.78 is 16.0. The van der Waals surface area contributed by atoms with E-state index in [1.54, 1.807) is 21.3 Å². The predicted molar refractivity (Wildman–Crippen MR) is 92.6 cm³/mol. The Morgan fingerprint density at radius 2 is 1.88 bits per heavy atom. The van der Waals surface area contributed by atoms with Crippen LogP contribution in [-0.2, 0) is 11.2 Å². The van der Waals surface area contributed by atoms with Crippen LogP contribution in [0.4, 0.5) is 0 Å². The Bertz CT molecular complexity index is 566. The van der Waals surface area contributed by atoms with E-state index in [0.29, 0.717) is 43.2 Å². The Labute approximate surface area is 148 Å². The third-order valence-electron chi connectivity index (χ3n) is 4.52. The number of benzene rings is 1. The van der Waals surface area contributed by atoms with Crippen molar-refractivity contribution in [1.82, 2.24) is 4.90 Å². The first-order valence-electron chi connectivity index (χ1n) is 8.40. The molecule has 2 atom stereocenters.